The van der Waals surface area contributed by atoms with Crippen LogP contribution in [-0.2, 0) is 0 Å². The van der Waals surface area contributed by atoms with Crippen LogP contribution in [0.1, 0.15) is 12.5 Å². The molecule has 1 aromatic carbocycles. The largest absolute Gasteiger partial charge is 0.411 e. The lowest BCUT2D eigenvalue weighted by molar-refractivity contribution is 0.319. The Morgan fingerprint density at radius 1 is 1.36 bits per heavy atom. The predicted molar refractivity (Wildman–Crippen MR) is 60.4 cm³/mol. The first-order valence-corrected chi connectivity index (χ1v) is 4.71. The van der Waals surface area contributed by atoms with Crippen molar-refractivity contribution >= 4 is 35.0 Å². The van der Waals surface area contributed by atoms with Crippen LogP contribution < -0.4 is 0 Å². The van der Waals surface area contributed by atoms with E-state index >= 15 is 0 Å². The van der Waals surface area contributed by atoms with Crippen LogP contribution in [0.15, 0.2) is 29.4 Å². The summed E-state index contributed by atoms with van der Waals surface area (Å²) < 4.78 is 0. The Labute approximate surface area is 92.5 Å². The van der Waals surface area contributed by atoms with Gasteiger partial charge in [0, 0.05) is 15.6 Å². The molecule has 0 aromatic heterocycles. The van der Waals surface area contributed by atoms with Gasteiger partial charge in [0.1, 0.15) is 0 Å². The summed E-state index contributed by atoms with van der Waals surface area (Å²) in [5.74, 6) is 0. The first-order valence-electron chi connectivity index (χ1n) is 3.96. The Morgan fingerprint density at radius 2 is 1.93 bits per heavy atom. The first-order chi connectivity index (χ1) is 6.65. The van der Waals surface area contributed by atoms with Crippen molar-refractivity contribution < 1.29 is 5.21 Å². The van der Waals surface area contributed by atoms with Crippen molar-refractivity contribution in [2.45, 2.75) is 6.92 Å². The number of halogens is 2. The topological polar surface area (TPSA) is 32.6 Å². The highest BCUT2D eigenvalue weighted by atomic mass is 35.5. The van der Waals surface area contributed by atoms with E-state index in [2.05, 4.69) is 5.16 Å². The Bertz CT molecular complexity index is 365. The summed E-state index contributed by atoms with van der Waals surface area (Å²) in [6.07, 6.45) is 3.34. The third-order valence-electron chi connectivity index (χ3n) is 1.65. The number of benzene rings is 1. The van der Waals surface area contributed by atoms with Crippen molar-refractivity contribution in [3.63, 3.8) is 0 Å². The number of nitrogens with zero attached hydrogens (tertiary/aromatic N) is 1. The van der Waals surface area contributed by atoms with Gasteiger partial charge >= 0.3 is 0 Å². The van der Waals surface area contributed by atoms with Gasteiger partial charge in [-0.3, -0.25) is 0 Å². The Hall–Kier alpha value is -0.990. The van der Waals surface area contributed by atoms with Crippen molar-refractivity contribution in [3.05, 3.63) is 39.9 Å². The van der Waals surface area contributed by atoms with Gasteiger partial charge in [-0.2, -0.15) is 0 Å². The average Bonchev–Trinajstić information content (AvgIpc) is 2.16. The summed E-state index contributed by atoms with van der Waals surface area (Å²) in [5.41, 5.74) is 1.21. The summed E-state index contributed by atoms with van der Waals surface area (Å²) >= 11 is 11.8. The molecule has 0 radical (unpaired) electrons. The molecular formula is C10H9Cl2NO. The molecule has 0 aliphatic heterocycles. The molecule has 0 saturated carbocycles. The second-order valence-corrected chi connectivity index (χ2v) is 3.52. The standard InChI is InChI=1S/C10H9Cl2NO/c1-7(13-14)5-6-8-9(11)3-2-4-10(8)12/h2-6,14H,1H3/b6-5+,13-7+. The van der Waals surface area contributed by atoms with Gasteiger partial charge < -0.3 is 5.21 Å². The van der Waals surface area contributed by atoms with Crippen LogP contribution in [-0.4, -0.2) is 10.9 Å². The maximum absolute atomic E-state index is 8.42. The smallest absolute Gasteiger partial charge is 0.0765 e. The summed E-state index contributed by atoms with van der Waals surface area (Å²) in [7, 11) is 0. The maximum Gasteiger partial charge on any atom is 0.0765 e. The summed E-state index contributed by atoms with van der Waals surface area (Å²) in [6.45, 7) is 1.67. The van der Waals surface area contributed by atoms with Crippen LogP contribution in [0, 0.1) is 0 Å². The second kappa shape index (κ2) is 5.03. The number of rotatable bonds is 2. The van der Waals surface area contributed by atoms with Gasteiger partial charge in [0.2, 0.25) is 0 Å². The van der Waals surface area contributed by atoms with E-state index in [1.807, 2.05) is 0 Å². The monoisotopic (exact) mass is 229 g/mol. The highest BCUT2D eigenvalue weighted by Gasteiger charge is 2.00. The van der Waals surface area contributed by atoms with Crippen LogP contribution in [0.25, 0.3) is 6.08 Å². The summed E-state index contributed by atoms with van der Waals surface area (Å²) in [4.78, 5) is 0. The SMILES string of the molecule is CC(/C=C/c1c(Cl)cccc1Cl)=N\O. The van der Waals surface area contributed by atoms with E-state index in [-0.39, 0.29) is 0 Å². The van der Waals surface area contributed by atoms with Crippen molar-refractivity contribution in [1.29, 1.82) is 0 Å². The molecule has 74 valence electrons. The van der Waals surface area contributed by atoms with E-state index < -0.39 is 0 Å². The van der Waals surface area contributed by atoms with Crippen LogP contribution in [0.2, 0.25) is 10.0 Å². The molecule has 0 amide bonds. The zero-order valence-electron chi connectivity index (χ0n) is 7.54. The molecule has 1 aromatic rings. The fourth-order valence-electron chi connectivity index (χ4n) is 0.907. The minimum atomic E-state index is 0.487. The van der Waals surface area contributed by atoms with Crippen molar-refractivity contribution in [3.8, 4) is 0 Å². The summed E-state index contributed by atoms with van der Waals surface area (Å²) in [5, 5.41) is 12.6. The van der Waals surface area contributed by atoms with Gasteiger partial charge in [-0.25, -0.2) is 0 Å². The third kappa shape index (κ3) is 2.76. The lowest BCUT2D eigenvalue weighted by atomic mass is 10.2. The normalized spacial score (nSPS) is 12.4. The van der Waals surface area contributed by atoms with Gasteiger partial charge in [0.05, 0.1) is 5.71 Å². The first kappa shape index (κ1) is 11.1. The molecule has 0 atom stereocenters. The quantitative estimate of drug-likeness (QED) is 0.467. The fraction of sp³-hybridized carbons (Fsp3) is 0.100. The van der Waals surface area contributed by atoms with E-state index in [1.165, 1.54) is 0 Å². The molecule has 0 aliphatic carbocycles. The zero-order valence-corrected chi connectivity index (χ0v) is 9.05. The minimum absolute atomic E-state index is 0.487. The summed E-state index contributed by atoms with van der Waals surface area (Å²) in [6, 6.07) is 5.27. The van der Waals surface area contributed by atoms with Gasteiger partial charge in [-0.1, -0.05) is 40.5 Å². The van der Waals surface area contributed by atoms with E-state index in [0.29, 0.717) is 15.8 Å². The maximum atomic E-state index is 8.42. The second-order valence-electron chi connectivity index (χ2n) is 2.71. The van der Waals surface area contributed by atoms with Gasteiger partial charge in [0.25, 0.3) is 0 Å². The van der Waals surface area contributed by atoms with Crippen molar-refractivity contribution in [2.75, 3.05) is 0 Å². The highest BCUT2D eigenvalue weighted by Crippen LogP contribution is 2.25. The predicted octanol–water partition coefficient (Wildman–Crippen LogP) is 3.86. The molecule has 0 spiro atoms. The van der Waals surface area contributed by atoms with Gasteiger partial charge in [-0.05, 0) is 25.1 Å². The van der Waals surface area contributed by atoms with Gasteiger partial charge in [-0.15, -0.1) is 0 Å². The zero-order chi connectivity index (χ0) is 10.6. The van der Waals surface area contributed by atoms with Crippen LogP contribution in [0.5, 0.6) is 0 Å². The molecule has 0 fully saturated rings. The molecule has 2 nitrogen and oxygen atoms in total. The molecule has 1 N–H and O–H groups in total. The number of oxime groups is 1. The molecule has 0 unspecified atom stereocenters. The molecular weight excluding hydrogens is 221 g/mol. The third-order valence-corrected chi connectivity index (χ3v) is 2.31. The van der Waals surface area contributed by atoms with Crippen molar-refractivity contribution in [2.24, 2.45) is 5.16 Å². The van der Waals surface area contributed by atoms with Crippen LogP contribution >= 0.6 is 23.2 Å². The highest BCUT2D eigenvalue weighted by molar-refractivity contribution is 6.37. The number of allylic oxidation sites excluding steroid dienone is 1. The number of hydrogen-bond acceptors (Lipinski definition) is 2. The average molecular weight is 230 g/mol. The number of hydrogen-bond donors (Lipinski definition) is 1. The minimum Gasteiger partial charge on any atom is -0.411 e. The molecule has 0 aliphatic rings. The molecule has 1 rings (SSSR count). The molecule has 4 heteroatoms. The van der Waals surface area contributed by atoms with Crippen molar-refractivity contribution in [1.82, 2.24) is 0 Å². The lowest BCUT2D eigenvalue weighted by Gasteiger charge is -1.99. The Morgan fingerprint density at radius 3 is 2.43 bits per heavy atom. The van der Waals surface area contributed by atoms with Crippen LogP contribution in [0.4, 0.5) is 0 Å². The lowest BCUT2D eigenvalue weighted by Crippen LogP contribution is -1.84. The van der Waals surface area contributed by atoms with Crippen LogP contribution in [0.3, 0.4) is 0 Å². The fourth-order valence-corrected chi connectivity index (χ4v) is 1.43. The molecule has 0 bridgehead atoms. The van der Waals surface area contributed by atoms with E-state index in [4.69, 9.17) is 28.4 Å². The molecule has 0 saturated heterocycles. The molecule has 14 heavy (non-hydrogen) atoms. The molecule has 0 heterocycles. The van der Waals surface area contributed by atoms with E-state index in [9.17, 15) is 0 Å². The Kier molecular flexibility index (Phi) is 3.98. The Balaban J connectivity index is 3.02. The van der Waals surface area contributed by atoms with E-state index in [1.54, 1.807) is 37.3 Å². The van der Waals surface area contributed by atoms with E-state index in [0.717, 1.165) is 5.56 Å². The van der Waals surface area contributed by atoms with Gasteiger partial charge in [0.15, 0.2) is 0 Å².